The molecule has 0 bridgehead atoms. The van der Waals surface area contributed by atoms with Crippen molar-refractivity contribution in [3.05, 3.63) is 71.0 Å². The van der Waals surface area contributed by atoms with Gasteiger partial charge in [0.15, 0.2) is 0 Å². The molecule has 2 aromatic rings. The third-order valence-corrected chi connectivity index (χ3v) is 4.60. The molecule has 2 amide bonds. The van der Waals surface area contributed by atoms with Crippen LogP contribution in [0.15, 0.2) is 48.5 Å². The van der Waals surface area contributed by atoms with E-state index in [9.17, 15) is 14.0 Å². The van der Waals surface area contributed by atoms with E-state index in [1.807, 2.05) is 6.92 Å². The third-order valence-electron chi connectivity index (χ3n) is 4.60. The molecule has 0 unspecified atom stereocenters. The maximum absolute atomic E-state index is 13.0. The summed E-state index contributed by atoms with van der Waals surface area (Å²) < 4.78 is 13.0. The number of carbonyl (C=O) groups is 2. The number of halogens is 1. The van der Waals surface area contributed by atoms with E-state index < -0.39 is 0 Å². The highest BCUT2D eigenvalue weighted by atomic mass is 19.1. The molecule has 4 nitrogen and oxygen atoms in total. The maximum Gasteiger partial charge on any atom is 0.253 e. The Hall–Kier alpha value is -2.69. The van der Waals surface area contributed by atoms with Crippen LogP contribution in [-0.4, -0.2) is 36.3 Å². The van der Waals surface area contributed by atoms with E-state index in [2.05, 4.69) is 5.32 Å². The fraction of sp³-hybridized carbons (Fsp3) is 0.300. The molecule has 0 aliphatic heterocycles. The molecule has 1 fully saturated rings. The largest absolute Gasteiger partial charge is 0.349 e. The van der Waals surface area contributed by atoms with Gasteiger partial charge in [-0.1, -0.05) is 18.2 Å². The Morgan fingerprint density at radius 1 is 1.16 bits per heavy atom. The second kappa shape index (κ2) is 7.05. The van der Waals surface area contributed by atoms with Crippen LogP contribution in [0.3, 0.4) is 0 Å². The molecule has 0 saturated heterocycles. The Kier molecular flexibility index (Phi) is 4.83. The van der Waals surface area contributed by atoms with Crippen molar-refractivity contribution in [2.75, 3.05) is 13.6 Å². The number of amides is 2. The summed E-state index contributed by atoms with van der Waals surface area (Å²) in [5, 5.41) is 2.99. The summed E-state index contributed by atoms with van der Waals surface area (Å²) in [6.07, 6.45) is 0.842. The number of carbonyl (C=O) groups excluding carboxylic acids is 2. The zero-order valence-electron chi connectivity index (χ0n) is 14.3. The fourth-order valence-corrected chi connectivity index (χ4v) is 2.84. The minimum absolute atomic E-state index is 0.0515. The fourth-order valence-electron chi connectivity index (χ4n) is 2.84. The van der Waals surface area contributed by atoms with Crippen LogP contribution in [0.1, 0.15) is 45.5 Å². The number of nitrogens with one attached hydrogen (secondary N) is 1. The van der Waals surface area contributed by atoms with Crippen LogP contribution in [0.4, 0.5) is 4.39 Å². The van der Waals surface area contributed by atoms with Crippen molar-refractivity contribution in [3.63, 3.8) is 0 Å². The molecule has 5 heteroatoms. The van der Waals surface area contributed by atoms with Crippen molar-refractivity contribution >= 4 is 11.8 Å². The molecule has 25 heavy (non-hydrogen) atoms. The van der Waals surface area contributed by atoms with E-state index in [1.54, 1.807) is 48.3 Å². The molecule has 0 spiro atoms. The van der Waals surface area contributed by atoms with Gasteiger partial charge in [0.2, 0.25) is 0 Å². The Balaban J connectivity index is 1.64. The van der Waals surface area contributed by atoms with Gasteiger partial charge in [-0.15, -0.1) is 0 Å². The second-order valence-corrected chi connectivity index (χ2v) is 6.37. The Labute approximate surface area is 146 Å². The van der Waals surface area contributed by atoms with Gasteiger partial charge >= 0.3 is 0 Å². The van der Waals surface area contributed by atoms with Gasteiger partial charge in [0.25, 0.3) is 11.8 Å². The summed E-state index contributed by atoms with van der Waals surface area (Å²) in [4.78, 5) is 26.3. The van der Waals surface area contributed by atoms with Gasteiger partial charge in [0.1, 0.15) is 5.82 Å². The van der Waals surface area contributed by atoms with Crippen LogP contribution < -0.4 is 5.32 Å². The summed E-state index contributed by atoms with van der Waals surface area (Å²) >= 11 is 0. The van der Waals surface area contributed by atoms with Gasteiger partial charge < -0.3 is 10.2 Å². The van der Waals surface area contributed by atoms with Gasteiger partial charge in [-0.3, -0.25) is 9.59 Å². The van der Waals surface area contributed by atoms with Gasteiger partial charge in [-0.25, -0.2) is 4.39 Å². The predicted molar refractivity (Wildman–Crippen MR) is 94.1 cm³/mol. The summed E-state index contributed by atoms with van der Waals surface area (Å²) in [5.41, 5.74) is 2.00. The van der Waals surface area contributed by atoms with Crippen LogP contribution in [0.2, 0.25) is 0 Å². The van der Waals surface area contributed by atoms with E-state index >= 15 is 0 Å². The summed E-state index contributed by atoms with van der Waals surface area (Å²) in [6.45, 7) is 2.51. The summed E-state index contributed by atoms with van der Waals surface area (Å²) in [7, 11) is 1.73. The molecule has 0 aromatic heterocycles. The Morgan fingerprint density at radius 3 is 2.52 bits per heavy atom. The van der Waals surface area contributed by atoms with Gasteiger partial charge in [-0.2, -0.15) is 0 Å². The van der Waals surface area contributed by atoms with Gasteiger partial charge in [0.05, 0.1) is 0 Å². The monoisotopic (exact) mass is 340 g/mol. The van der Waals surface area contributed by atoms with E-state index in [4.69, 9.17) is 0 Å². The van der Waals surface area contributed by atoms with E-state index in [0.29, 0.717) is 17.7 Å². The second-order valence-electron chi connectivity index (χ2n) is 6.37. The standard InChI is InChI=1S/C20H21FN2O2/c1-3-23(2)20(25)15-6-4-5-14(11-15)19(24)22-18-12-17(18)13-7-9-16(21)10-8-13/h4-11,17-18H,3,12H2,1-2H3,(H,22,24)/t17-,18+/m1/s1. The number of benzene rings is 2. The van der Waals surface area contributed by atoms with Crippen LogP contribution in [0.25, 0.3) is 0 Å². The van der Waals surface area contributed by atoms with Crippen LogP contribution >= 0.6 is 0 Å². The van der Waals surface area contributed by atoms with Crippen molar-refractivity contribution < 1.29 is 14.0 Å². The number of hydrogen-bond donors (Lipinski definition) is 1. The molecule has 1 aliphatic rings. The van der Waals surface area contributed by atoms with Crippen molar-refractivity contribution in [1.29, 1.82) is 0 Å². The van der Waals surface area contributed by atoms with Crippen LogP contribution in [-0.2, 0) is 0 Å². The molecule has 1 aliphatic carbocycles. The smallest absolute Gasteiger partial charge is 0.253 e. The highest BCUT2D eigenvalue weighted by Crippen LogP contribution is 2.40. The lowest BCUT2D eigenvalue weighted by molar-refractivity contribution is 0.0802. The first-order valence-electron chi connectivity index (χ1n) is 8.41. The molecular formula is C20H21FN2O2. The topological polar surface area (TPSA) is 49.4 Å². The highest BCUT2D eigenvalue weighted by Gasteiger charge is 2.39. The minimum atomic E-state index is -0.261. The third kappa shape index (κ3) is 3.87. The predicted octanol–water partition coefficient (Wildman–Crippen LogP) is 3.20. The summed E-state index contributed by atoms with van der Waals surface area (Å²) in [6, 6.07) is 13.2. The highest BCUT2D eigenvalue weighted by molar-refractivity contribution is 5.99. The van der Waals surface area contributed by atoms with Crippen molar-refractivity contribution in [2.45, 2.75) is 25.3 Å². The lowest BCUT2D eigenvalue weighted by Crippen LogP contribution is -2.28. The zero-order chi connectivity index (χ0) is 18.0. The van der Waals surface area contributed by atoms with E-state index in [0.717, 1.165) is 12.0 Å². The zero-order valence-corrected chi connectivity index (χ0v) is 14.3. The first kappa shape index (κ1) is 17.1. The molecule has 3 rings (SSSR count). The van der Waals surface area contributed by atoms with Crippen LogP contribution in [0, 0.1) is 5.82 Å². The minimum Gasteiger partial charge on any atom is -0.349 e. The molecule has 1 N–H and O–H groups in total. The molecule has 2 aromatic carbocycles. The Bertz CT molecular complexity index is 789. The quantitative estimate of drug-likeness (QED) is 0.909. The molecular weight excluding hydrogens is 319 g/mol. The SMILES string of the molecule is CCN(C)C(=O)c1cccc(C(=O)N[C@H]2C[C@@H]2c2ccc(F)cc2)c1. The van der Waals surface area contributed by atoms with Crippen LogP contribution in [0.5, 0.6) is 0 Å². The van der Waals surface area contributed by atoms with Gasteiger partial charge in [-0.05, 0) is 49.2 Å². The van der Waals surface area contributed by atoms with E-state index in [-0.39, 0.29) is 29.6 Å². The first-order chi connectivity index (χ1) is 12.0. The van der Waals surface area contributed by atoms with Crippen molar-refractivity contribution in [2.24, 2.45) is 0 Å². The number of hydrogen-bond acceptors (Lipinski definition) is 2. The lowest BCUT2D eigenvalue weighted by Gasteiger charge is -2.15. The number of rotatable bonds is 5. The molecule has 130 valence electrons. The molecule has 0 heterocycles. The molecule has 2 atom stereocenters. The number of nitrogens with zero attached hydrogens (tertiary/aromatic N) is 1. The van der Waals surface area contributed by atoms with Gasteiger partial charge in [0, 0.05) is 36.7 Å². The normalized spacial score (nSPS) is 18.5. The first-order valence-corrected chi connectivity index (χ1v) is 8.41. The van der Waals surface area contributed by atoms with Crippen molar-refractivity contribution in [3.8, 4) is 0 Å². The average molecular weight is 340 g/mol. The van der Waals surface area contributed by atoms with E-state index in [1.165, 1.54) is 12.1 Å². The van der Waals surface area contributed by atoms with Crippen molar-refractivity contribution in [1.82, 2.24) is 10.2 Å². The average Bonchev–Trinajstić information content (AvgIpc) is 3.40. The summed E-state index contributed by atoms with van der Waals surface area (Å²) in [5.74, 6) is -0.333. The lowest BCUT2D eigenvalue weighted by atomic mass is 10.1. The molecule has 1 saturated carbocycles. The molecule has 0 radical (unpaired) electrons. The maximum atomic E-state index is 13.0. The Morgan fingerprint density at radius 2 is 1.84 bits per heavy atom.